The highest BCUT2D eigenvalue weighted by molar-refractivity contribution is 6.03. The second kappa shape index (κ2) is 9.58. The maximum absolute atomic E-state index is 12.2. The van der Waals surface area contributed by atoms with Crippen molar-refractivity contribution in [2.24, 2.45) is 5.73 Å². The van der Waals surface area contributed by atoms with Crippen molar-refractivity contribution in [3.8, 4) is 22.8 Å². The molecule has 1 aliphatic rings. The SMILES string of the molecule is NC(=O)c1c(-c2ccc(Oc3ccccc3)cc2)nn(C2CCN(C(=O)C=CCO)C2)c1N. The number of ether oxygens (including phenoxy) is 1. The molecule has 9 nitrogen and oxygen atoms in total. The number of nitrogens with zero attached hydrogens (tertiary/aromatic N) is 3. The summed E-state index contributed by atoms with van der Waals surface area (Å²) in [6, 6.07) is 16.4. The molecule has 1 unspecified atom stereocenters. The van der Waals surface area contributed by atoms with Crippen LogP contribution < -0.4 is 16.2 Å². The number of primary amides is 1. The fourth-order valence-corrected chi connectivity index (χ4v) is 3.88. The highest BCUT2D eigenvalue weighted by atomic mass is 16.5. The number of amides is 2. The molecule has 5 N–H and O–H groups in total. The van der Waals surface area contributed by atoms with E-state index in [0.717, 1.165) is 0 Å². The Balaban J connectivity index is 1.58. The summed E-state index contributed by atoms with van der Waals surface area (Å²) < 4.78 is 7.39. The molecule has 0 spiro atoms. The molecule has 0 saturated carbocycles. The zero-order chi connectivity index (χ0) is 23.4. The Kier molecular flexibility index (Phi) is 6.41. The van der Waals surface area contributed by atoms with E-state index in [4.69, 9.17) is 21.3 Å². The van der Waals surface area contributed by atoms with Crippen LogP contribution >= 0.6 is 0 Å². The van der Waals surface area contributed by atoms with E-state index in [1.165, 1.54) is 12.2 Å². The third-order valence-corrected chi connectivity index (χ3v) is 5.49. The number of benzene rings is 2. The molecule has 2 heterocycles. The first kappa shape index (κ1) is 22.1. The van der Waals surface area contributed by atoms with Crippen LogP contribution in [0.5, 0.6) is 11.5 Å². The minimum atomic E-state index is -0.671. The number of aromatic nitrogens is 2. The third kappa shape index (κ3) is 4.73. The molecule has 4 rings (SSSR count). The first-order valence-corrected chi connectivity index (χ1v) is 10.6. The van der Waals surface area contributed by atoms with Crippen LogP contribution in [0.1, 0.15) is 22.8 Å². The lowest BCUT2D eigenvalue weighted by Crippen LogP contribution is -2.28. The van der Waals surface area contributed by atoms with Crippen molar-refractivity contribution >= 4 is 17.6 Å². The van der Waals surface area contributed by atoms with Gasteiger partial charge < -0.3 is 26.2 Å². The Hall–Kier alpha value is -4.11. The van der Waals surface area contributed by atoms with Crippen molar-refractivity contribution in [3.63, 3.8) is 0 Å². The monoisotopic (exact) mass is 447 g/mol. The molecular weight excluding hydrogens is 422 g/mol. The largest absolute Gasteiger partial charge is 0.457 e. The normalized spacial score (nSPS) is 15.8. The number of rotatable bonds is 7. The molecule has 0 radical (unpaired) electrons. The van der Waals surface area contributed by atoms with Gasteiger partial charge in [0.1, 0.15) is 28.6 Å². The summed E-state index contributed by atoms with van der Waals surface area (Å²) in [6.07, 6.45) is 3.37. The molecular formula is C24H25N5O4. The maximum atomic E-state index is 12.2. The van der Waals surface area contributed by atoms with Gasteiger partial charge in [-0.05, 0) is 42.8 Å². The van der Waals surface area contributed by atoms with E-state index in [9.17, 15) is 9.59 Å². The minimum Gasteiger partial charge on any atom is -0.457 e. The summed E-state index contributed by atoms with van der Waals surface area (Å²) in [6.45, 7) is 0.711. The summed E-state index contributed by atoms with van der Waals surface area (Å²) in [4.78, 5) is 26.1. The molecule has 1 aliphatic heterocycles. The van der Waals surface area contributed by atoms with Crippen LogP contribution in [0.4, 0.5) is 5.82 Å². The van der Waals surface area contributed by atoms with Crippen LogP contribution in [-0.2, 0) is 4.79 Å². The molecule has 9 heteroatoms. The van der Waals surface area contributed by atoms with Gasteiger partial charge in [0.15, 0.2) is 0 Å². The number of para-hydroxylation sites is 1. The summed E-state index contributed by atoms with van der Waals surface area (Å²) in [5, 5.41) is 13.5. The molecule has 0 aliphatic carbocycles. The summed E-state index contributed by atoms with van der Waals surface area (Å²) in [7, 11) is 0. The zero-order valence-electron chi connectivity index (χ0n) is 17.9. The molecule has 3 aromatic rings. The van der Waals surface area contributed by atoms with Crippen molar-refractivity contribution in [3.05, 3.63) is 72.3 Å². The van der Waals surface area contributed by atoms with E-state index < -0.39 is 5.91 Å². The minimum absolute atomic E-state index is 0.150. The van der Waals surface area contributed by atoms with Gasteiger partial charge in [0.2, 0.25) is 5.91 Å². The van der Waals surface area contributed by atoms with E-state index in [-0.39, 0.29) is 29.9 Å². The highest BCUT2D eigenvalue weighted by Crippen LogP contribution is 2.33. The second-order valence-corrected chi connectivity index (χ2v) is 7.67. The average Bonchev–Trinajstić information content (AvgIpc) is 3.43. The molecule has 170 valence electrons. The predicted molar refractivity (Wildman–Crippen MR) is 124 cm³/mol. The molecule has 33 heavy (non-hydrogen) atoms. The number of nitrogen functional groups attached to an aromatic ring is 1. The van der Waals surface area contributed by atoms with Crippen LogP contribution in [0.3, 0.4) is 0 Å². The molecule has 1 saturated heterocycles. The fourth-order valence-electron chi connectivity index (χ4n) is 3.88. The van der Waals surface area contributed by atoms with E-state index in [2.05, 4.69) is 5.10 Å². The van der Waals surface area contributed by atoms with Crippen molar-refractivity contribution < 1.29 is 19.4 Å². The topological polar surface area (TPSA) is 137 Å². The van der Waals surface area contributed by atoms with Crippen molar-refractivity contribution in [1.29, 1.82) is 0 Å². The van der Waals surface area contributed by atoms with E-state index in [1.54, 1.807) is 33.8 Å². The van der Waals surface area contributed by atoms with Gasteiger partial charge in [-0.2, -0.15) is 5.10 Å². The van der Waals surface area contributed by atoms with Gasteiger partial charge >= 0.3 is 0 Å². The van der Waals surface area contributed by atoms with Crippen molar-refractivity contribution in [2.45, 2.75) is 12.5 Å². The average molecular weight is 447 g/mol. The van der Waals surface area contributed by atoms with Crippen LogP contribution in [0.15, 0.2) is 66.7 Å². The summed E-state index contributed by atoms with van der Waals surface area (Å²) in [5.74, 6) is 0.661. The number of aliphatic hydroxyl groups is 1. The molecule has 1 aromatic heterocycles. The summed E-state index contributed by atoms with van der Waals surface area (Å²) in [5.41, 5.74) is 13.1. The maximum Gasteiger partial charge on any atom is 0.254 e. The van der Waals surface area contributed by atoms with Gasteiger partial charge in [0.05, 0.1) is 12.6 Å². The second-order valence-electron chi connectivity index (χ2n) is 7.67. The van der Waals surface area contributed by atoms with Gasteiger partial charge in [-0.1, -0.05) is 24.3 Å². The Morgan fingerprint density at radius 1 is 1.12 bits per heavy atom. The highest BCUT2D eigenvalue weighted by Gasteiger charge is 2.31. The van der Waals surface area contributed by atoms with Crippen LogP contribution in [0, 0.1) is 0 Å². The van der Waals surface area contributed by atoms with Crippen LogP contribution in [0.2, 0.25) is 0 Å². The lowest BCUT2D eigenvalue weighted by atomic mass is 10.1. The third-order valence-electron chi connectivity index (χ3n) is 5.49. The van der Waals surface area contributed by atoms with Gasteiger partial charge in [-0.3, -0.25) is 9.59 Å². The Bertz CT molecular complexity index is 1170. The Morgan fingerprint density at radius 2 is 1.82 bits per heavy atom. The van der Waals surface area contributed by atoms with Gasteiger partial charge in [-0.25, -0.2) is 4.68 Å². The van der Waals surface area contributed by atoms with E-state index >= 15 is 0 Å². The quantitative estimate of drug-likeness (QED) is 0.476. The number of hydrogen-bond donors (Lipinski definition) is 3. The van der Waals surface area contributed by atoms with Gasteiger partial charge in [-0.15, -0.1) is 0 Å². The summed E-state index contributed by atoms with van der Waals surface area (Å²) >= 11 is 0. The number of anilines is 1. The van der Waals surface area contributed by atoms with Crippen molar-refractivity contribution in [1.82, 2.24) is 14.7 Å². The number of aliphatic hydroxyl groups excluding tert-OH is 1. The smallest absolute Gasteiger partial charge is 0.254 e. The van der Waals surface area contributed by atoms with Gasteiger partial charge in [0, 0.05) is 24.7 Å². The Morgan fingerprint density at radius 3 is 2.48 bits per heavy atom. The molecule has 1 atom stereocenters. The lowest BCUT2D eigenvalue weighted by Gasteiger charge is -2.15. The molecule has 2 aromatic carbocycles. The molecule has 1 fully saturated rings. The fraction of sp³-hybridized carbons (Fsp3) is 0.208. The zero-order valence-corrected chi connectivity index (χ0v) is 17.9. The van der Waals surface area contributed by atoms with Gasteiger partial charge in [0.25, 0.3) is 5.91 Å². The number of likely N-dealkylation sites (tertiary alicyclic amines) is 1. The van der Waals surface area contributed by atoms with Crippen molar-refractivity contribution in [2.75, 3.05) is 25.4 Å². The lowest BCUT2D eigenvalue weighted by molar-refractivity contribution is -0.125. The number of carbonyl (C=O) groups excluding carboxylic acids is 2. The Labute approximate surface area is 190 Å². The van der Waals surface area contributed by atoms with E-state index in [0.29, 0.717) is 42.3 Å². The predicted octanol–water partition coefficient (Wildman–Crippen LogP) is 2.35. The number of hydrogen-bond acceptors (Lipinski definition) is 6. The van der Waals surface area contributed by atoms with Crippen LogP contribution in [0.25, 0.3) is 11.3 Å². The molecule has 2 amide bonds. The number of nitrogens with two attached hydrogens (primary N) is 2. The standard InChI is InChI=1S/C24H25N5O4/c25-23-21(24(26)32)22(16-8-10-19(11-9-16)33-18-5-2-1-3-6-18)27-29(23)17-12-13-28(15-17)20(31)7-4-14-30/h1-11,17,30H,12-15,25H2,(H2,26,32). The first-order valence-electron chi connectivity index (χ1n) is 10.6. The first-order chi connectivity index (χ1) is 16.0. The molecule has 0 bridgehead atoms. The number of carbonyl (C=O) groups is 2. The van der Waals surface area contributed by atoms with E-state index in [1.807, 2.05) is 30.3 Å². The van der Waals surface area contributed by atoms with Crippen LogP contribution in [-0.4, -0.2) is 51.3 Å².